The lowest BCUT2D eigenvalue weighted by Crippen LogP contribution is -2.36. The number of nitrogens with zero attached hydrogens (tertiary/aromatic N) is 2. The van der Waals surface area contributed by atoms with Gasteiger partial charge in [0.25, 0.3) is 5.91 Å². The predicted octanol–water partition coefficient (Wildman–Crippen LogP) is 2.11. The lowest BCUT2D eigenvalue weighted by Gasteiger charge is -2.08. The fourth-order valence-corrected chi connectivity index (χ4v) is 2.36. The summed E-state index contributed by atoms with van der Waals surface area (Å²) in [6, 6.07) is 13.2. The molecule has 0 aliphatic carbocycles. The van der Waals surface area contributed by atoms with Crippen molar-refractivity contribution < 1.29 is 23.2 Å². The number of halogens is 1. The van der Waals surface area contributed by atoms with E-state index in [1.807, 2.05) is 19.1 Å². The van der Waals surface area contributed by atoms with Gasteiger partial charge in [-0.3, -0.25) is 9.59 Å². The number of nitrogens with one attached hydrogen (secondary N) is 2. The topological polar surface area (TPSA) is 106 Å². The van der Waals surface area contributed by atoms with E-state index >= 15 is 0 Å². The zero-order valence-corrected chi connectivity index (χ0v) is 15.6. The smallest absolute Gasteiger partial charge is 0.316 e. The molecule has 29 heavy (non-hydrogen) atoms. The summed E-state index contributed by atoms with van der Waals surface area (Å²) in [6.07, 6.45) is 0. The van der Waals surface area contributed by atoms with E-state index in [9.17, 15) is 14.0 Å². The van der Waals surface area contributed by atoms with E-state index in [1.165, 1.54) is 18.2 Å². The Morgan fingerprint density at radius 3 is 2.55 bits per heavy atom. The zero-order chi connectivity index (χ0) is 20.6. The first-order valence-electron chi connectivity index (χ1n) is 8.86. The van der Waals surface area contributed by atoms with E-state index in [0.29, 0.717) is 5.75 Å². The number of ether oxygens (including phenoxy) is 1. The first-order chi connectivity index (χ1) is 14.0. The Balaban J connectivity index is 1.39. The van der Waals surface area contributed by atoms with E-state index in [4.69, 9.17) is 9.26 Å². The van der Waals surface area contributed by atoms with Crippen LogP contribution in [0, 0.1) is 12.7 Å². The van der Waals surface area contributed by atoms with Crippen molar-refractivity contribution in [3.63, 3.8) is 0 Å². The second-order valence-electron chi connectivity index (χ2n) is 6.11. The van der Waals surface area contributed by atoms with E-state index < -0.39 is 11.7 Å². The summed E-state index contributed by atoms with van der Waals surface area (Å²) >= 11 is 0. The normalized spacial score (nSPS) is 10.4. The van der Waals surface area contributed by atoms with Crippen LogP contribution in [-0.4, -0.2) is 41.7 Å². The molecule has 0 fully saturated rings. The third-order valence-electron chi connectivity index (χ3n) is 3.86. The molecule has 2 N–H and O–H groups in total. The molecule has 0 saturated carbocycles. The molecule has 0 unspecified atom stereocenters. The van der Waals surface area contributed by atoms with Crippen LogP contribution in [0.1, 0.15) is 16.2 Å². The number of hydrogen-bond acceptors (Lipinski definition) is 6. The number of benzene rings is 2. The van der Waals surface area contributed by atoms with Gasteiger partial charge in [-0.2, -0.15) is 4.98 Å². The number of aromatic nitrogens is 2. The van der Waals surface area contributed by atoms with Crippen molar-refractivity contribution in [2.45, 2.75) is 6.92 Å². The molecule has 0 aliphatic rings. The van der Waals surface area contributed by atoms with Crippen molar-refractivity contribution in [3.05, 3.63) is 65.8 Å². The monoisotopic (exact) mass is 398 g/mol. The molecule has 3 aromatic rings. The molecule has 2 aromatic carbocycles. The van der Waals surface area contributed by atoms with E-state index in [-0.39, 0.29) is 42.9 Å². The van der Waals surface area contributed by atoms with Crippen molar-refractivity contribution in [2.75, 3.05) is 19.7 Å². The maximum Gasteiger partial charge on any atom is 0.316 e. The molecule has 9 heteroatoms. The van der Waals surface area contributed by atoms with Gasteiger partial charge in [0.2, 0.25) is 5.82 Å². The molecule has 0 radical (unpaired) electrons. The van der Waals surface area contributed by atoms with Gasteiger partial charge in [-0.15, -0.1) is 0 Å². The second-order valence-corrected chi connectivity index (χ2v) is 6.11. The molecular weight excluding hydrogens is 379 g/mol. The van der Waals surface area contributed by atoms with Crippen LogP contribution in [0.25, 0.3) is 11.4 Å². The van der Waals surface area contributed by atoms with Crippen LogP contribution < -0.4 is 15.4 Å². The van der Waals surface area contributed by atoms with E-state index in [2.05, 4.69) is 20.8 Å². The number of amides is 2. The Hall–Kier alpha value is -3.75. The molecule has 2 amide bonds. The highest BCUT2D eigenvalue weighted by Gasteiger charge is 2.17. The maximum atomic E-state index is 13.7. The summed E-state index contributed by atoms with van der Waals surface area (Å²) in [5.74, 6) is -1.17. The third kappa shape index (κ3) is 5.61. The average molecular weight is 398 g/mol. The zero-order valence-electron chi connectivity index (χ0n) is 15.6. The highest BCUT2D eigenvalue weighted by Crippen LogP contribution is 2.19. The quantitative estimate of drug-likeness (QED) is 0.563. The molecule has 3 rings (SSSR count). The largest absolute Gasteiger partial charge is 0.484 e. The third-order valence-corrected chi connectivity index (χ3v) is 3.86. The Kier molecular flexibility index (Phi) is 6.51. The molecule has 0 aliphatic heterocycles. The Morgan fingerprint density at radius 2 is 1.79 bits per heavy atom. The molecule has 1 heterocycles. The van der Waals surface area contributed by atoms with Crippen molar-refractivity contribution in [1.82, 2.24) is 20.8 Å². The first kappa shape index (κ1) is 20.0. The van der Waals surface area contributed by atoms with Crippen molar-refractivity contribution in [2.24, 2.45) is 0 Å². The van der Waals surface area contributed by atoms with Gasteiger partial charge >= 0.3 is 11.8 Å². The summed E-state index contributed by atoms with van der Waals surface area (Å²) in [5, 5.41) is 8.75. The van der Waals surface area contributed by atoms with Crippen LogP contribution in [0.5, 0.6) is 5.75 Å². The van der Waals surface area contributed by atoms with Gasteiger partial charge in [0.15, 0.2) is 6.61 Å². The second kappa shape index (κ2) is 9.45. The fourth-order valence-electron chi connectivity index (χ4n) is 2.36. The van der Waals surface area contributed by atoms with Crippen LogP contribution in [-0.2, 0) is 4.79 Å². The molecular formula is C20H19FN4O4. The molecule has 1 aromatic heterocycles. The minimum Gasteiger partial charge on any atom is -0.484 e. The van der Waals surface area contributed by atoms with Gasteiger partial charge in [-0.1, -0.05) is 35.0 Å². The minimum absolute atomic E-state index is 0.0187. The van der Waals surface area contributed by atoms with Gasteiger partial charge in [-0.25, -0.2) is 4.39 Å². The van der Waals surface area contributed by atoms with E-state index in [0.717, 1.165) is 5.56 Å². The van der Waals surface area contributed by atoms with Gasteiger partial charge in [-0.05, 0) is 31.2 Å². The number of aryl methyl sites for hydroxylation is 1. The average Bonchev–Trinajstić information content (AvgIpc) is 3.21. The standard InChI is InChI=1S/C20H19FN4O4/c1-13-6-8-14(9-7-13)28-12-17(26)22-10-11-23-19(27)20-24-18(25-29-20)15-4-2-3-5-16(15)21/h2-9H,10-12H2,1H3,(H,22,26)(H,23,27). The molecule has 0 atom stereocenters. The maximum absolute atomic E-state index is 13.7. The van der Waals surface area contributed by atoms with Crippen LogP contribution in [0.2, 0.25) is 0 Å². The summed E-state index contributed by atoms with van der Waals surface area (Å²) in [4.78, 5) is 27.7. The Bertz CT molecular complexity index is 988. The number of carbonyl (C=O) groups is 2. The van der Waals surface area contributed by atoms with Gasteiger partial charge in [0.05, 0.1) is 5.56 Å². The highest BCUT2D eigenvalue weighted by atomic mass is 19.1. The lowest BCUT2D eigenvalue weighted by atomic mass is 10.2. The highest BCUT2D eigenvalue weighted by molar-refractivity contribution is 5.89. The lowest BCUT2D eigenvalue weighted by molar-refractivity contribution is -0.123. The van der Waals surface area contributed by atoms with Gasteiger partial charge in [0.1, 0.15) is 11.6 Å². The summed E-state index contributed by atoms with van der Waals surface area (Å²) in [5.41, 5.74) is 1.23. The fraction of sp³-hybridized carbons (Fsp3) is 0.200. The molecule has 0 spiro atoms. The summed E-state index contributed by atoms with van der Waals surface area (Å²) in [6.45, 7) is 2.16. The van der Waals surface area contributed by atoms with Crippen LogP contribution >= 0.6 is 0 Å². The first-order valence-corrected chi connectivity index (χ1v) is 8.86. The molecule has 150 valence electrons. The van der Waals surface area contributed by atoms with Crippen LogP contribution in [0.3, 0.4) is 0 Å². The molecule has 8 nitrogen and oxygen atoms in total. The minimum atomic E-state index is -0.620. The van der Waals surface area contributed by atoms with Crippen molar-refractivity contribution in [1.29, 1.82) is 0 Å². The van der Waals surface area contributed by atoms with Crippen molar-refractivity contribution >= 4 is 11.8 Å². The van der Waals surface area contributed by atoms with E-state index in [1.54, 1.807) is 18.2 Å². The van der Waals surface area contributed by atoms with Crippen LogP contribution in [0.15, 0.2) is 53.1 Å². The number of rotatable bonds is 8. The van der Waals surface area contributed by atoms with Gasteiger partial charge in [0, 0.05) is 13.1 Å². The molecule has 0 bridgehead atoms. The summed E-state index contributed by atoms with van der Waals surface area (Å²) < 4.78 is 24.0. The summed E-state index contributed by atoms with van der Waals surface area (Å²) in [7, 11) is 0. The van der Waals surface area contributed by atoms with Gasteiger partial charge < -0.3 is 19.9 Å². The van der Waals surface area contributed by atoms with Crippen LogP contribution in [0.4, 0.5) is 4.39 Å². The predicted molar refractivity (Wildman–Crippen MR) is 102 cm³/mol. The Morgan fingerprint density at radius 1 is 1.07 bits per heavy atom. The number of carbonyl (C=O) groups excluding carboxylic acids is 2. The molecule has 0 saturated heterocycles. The van der Waals surface area contributed by atoms with Crippen molar-refractivity contribution in [3.8, 4) is 17.1 Å². The SMILES string of the molecule is Cc1ccc(OCC(=O)NCCNC(=O)c2nc(-c3ccccc3F)no2)cc1. The number of hydrogen-bond donors (Lipinski definition) is 2. The Labute approximate surface area is 166 Å².